The van der Waals surface area contributed by atoms with Crippen molar-refractivity contribution in [1.29, 1.82) is 0 Å². The summed E-state index contributed by atoms with van der Waals surface area (Å²) >= 11 is 3.56. The van der Waals surface area contributed by atoms with Gasteiger partial charge in [-0.1, -0.05) is 0 Å². The SMILES string of the molecule is Cc1nn(C(C)CNC2CC2)c(C)c1Br. The van der Waals surface area contributed by atoms with Crippen LogP contribution < -0.4 is 5.32 Å². The molecule has 1 saturated carbocycles. The molecule has 1 aromatic rings. The summed E-state index contributed by atoms with van der Waals surface area (Å²) in [5.41, 5.74) is 2.29. The Bertz CT molecular complexity index is 355. The molecule has 0 aliphatic heterocycles. The highest BCUT2D eigenvalue weighted by atomic mass is 79.9. The molecule has 4 heteroatoms. The van der Waals surface area contributed by atoms with Crippen LogP contribution in [0.1, 0.15) is 37.2 Å². The molecule has 1 heterocycles. The van der Waals surface area contributed by atoms with E-state index in [0.717, 1.165) is 22.8 Å². The summed E-state index contributed by atoms with van der Waals surface area (Å²) in [5, 5.41) is 8.07. The van der Waals surface area contributed by atoms with Crippen LogP contribution in [-0.2, 0) is 0 Å². The van der Waals surface area contributed by atoms with Crippen molar-refractivity contribution in [3.05, 3.63) is 15.9 Å². The van der Waals surface area contributed by atoms with Gasteiger partial charge in [0.25, 0.3) is 0 Å². The van der Waals surface area contributed by atoms with E-state index in [0.29, 0.717) is 6.04 Å². The molecule has 1 N–H and O–H groups in total. The number of halogens is 1. The van der Waals surface area contributed by atoms with Gasteiger partial charge in [0.1, 0.15) is 0 Å². The van der Waals surface area contributed by atoms with E-state index in [9.17, 15) is 0 Å². The first-order valence-electron chi connectivity index (χ1n) is 5.54. The highest BCUT2D eigenvalue weighted by Gasteiger charge is 2.22. The third-order valence-corrected chi connectivity index (χ3v) is 4.08. The van der Waals surface area contributed by atoms with Crippen molar-refractivity contribution in [2.24, 2.45) is 0 Å². The van der Waals surface area contributed by atoms with Gasteiger partial charge in [-0.3, -0.25) is 4.68 Å². The quantitative estimate of drug-likeness (QED) is 0.913. The van der Waals surface area contributed by atoms with Crippen molar-refractivity contribution >= 4 is 15.9 Å². The summed E-state index contributed by atoms with van der Waals surface area (Å²) in [4.78, 5) is 0. The first-order chi connectivity index (χ1) is 7.09. The molecule has 1 aromatic heterocycles. The zero-order chi connectivity index (χ0) is 11.0. The van der Waals surface area contributed by atoms with Crippen molar-refractivity contribution < 1.29 is 0 Å². The summed E-state index contributed by atoms with van der Waals surface area (Å²) in [7, 11) is 0. The molecular weight excluding hydrogens is 254 g/mol. The van der Waals surface area contributed by atoms with Gasteiger partial charge in [-0.2, -0.15) is 5.10 Å². The number of hydrogen-bond donors (Lipinski definition) is 1. The fraction of sp³-hybridized carbons (Fsp3) is 0.727. The topological polar surface area (TPSA) is 29.9 Å². The Kier molecular flexibility index (Phi) is 3.16. The van der Waals surface area contributed by atoms with Gasteiger partial charge in [0.2, 0.25) is 0 Å². The highest BCUT2D eigenvalue weighted by Crippen LogP contribution is 2.23. The van der Waals surface area contributed by atoms with Crippen LogP contribution in [0, 0.1) is 13.8 Å². The molecule has 84 valence electrons. The lowest BCUT2D eigenvalue weighted by Crippen LogP contribution is -2.26. The van der Waals surface area contributed by atoms with E-state index >= 15 is 0 Å². The van der Waals surface area contributed by atoms with Crippen molar-refractivity contribution in [3.8, 4) is 0 Å². The largest absolute Gasteiger partial charge is 0.312 e. The summed E-state index contributed by atoms with van der Waals surface area (Å²) < 4.78 is 3.25. The van der Waals surface area contributed by atoms with Gasteiger partial charge in [-0.15, -0.1) is 0 Å². The molecule has 0 amide bonds. The predicted molar refractivity (Wildman–Crippen MR) is 65.1 cm³/mol. The van der Waals surface area contributed by atoms with Gasteiger partial charge >= 0.3 is 0 Å². The van der Waals surface area contributed by atoms with E-state index in [1.807, 2.05) is 6.92 Å². The van der Waals surface area contributed by atoms with Crippen LogP contribution in [0.2, 0.25) is 0 Å². The Morgan fingerprint density at radius 3 is 2.67 bits per heavy atom. The van der Waals surface area contributed by atoms with Crippen LogP contribution in [0.25, 0.3) is 0 Å². The zero-order valence-electron chi connectivity index (χ0n) is 9.55. The molecule has 1 aliphatic rings. The molecule has 1 fully saturated rings. The average molecular weight is 272 g/mol. The second-order valence-electron chi connectivity index (χ2n) is 4.46. The molecule has 0 bridgehead atoms. The Labute approximate surface area is 99.4 Å². The van der Waals surface area contributed by atoms with E-state index in [4.69, 9.17) is 0 Å². The lowest BCUT2D eigenvalue weighted by atomic mass is 10.3. The Morgan fingerprint density at radius 1 is 1.53 bits per heavy atom. The van der Waals surface area contributed by atoms with E-state index in [-0.39, 0.29) is 0 Å². The van der Waals surface area contributed by atoms with Gasteiger partial charge in [-0.05, 0) is 49.5 Å². The lowest BCUT2D eigenvalue weighted by Gasteiger charge is -2.14. The third kappa shape index (κ3) is 2.42. The second kappa shape index (κ2) is 4.26. The number of aromatic nitrogens is 2. The van der Waals surface area contributed by atoms with Gasteiger partial charge in [0, 0.05) is 12.6 Å². The van der Waals surface area contributed by atoms with E-state index in [1.165, 1.54) is 18.5 Å². The number of nitrogens with zero attached hydrogens (tertiary/aromatic N) is 2. The normalized spacial score (nSPS) is 18.1. The summed E-state index contributed by atoms with van der Waals surface area (Å²) in [6.45, 7) is 7.37. The molecular formula is C11H18BrN3. The molecule has 1 atom stereocenters. The number of hydrogen-bond acceptors (Lipinski definition) is 2. The van der Waals surface area contributed by atoms with E-state index in [1.54, 1.807) is 0 Å². The maximum atomic E-state index is 4.54. The molecule has 15 heavy (non-hydrogen) atoms. The molecule has 0 aromatic carbocycles. The molecule has 0 spiro atoms. The van der Waals surface area contributed by atoms with Crippen LogP contribution in [-0.4, -0.2) is 22.4 Å². The Hall–Kier alpha value is -0.350. The number of rotatable bonds is 4. The smallest absolute Gasteiger partial charge is 0.0738 e. The Morgan fingerprint density at radius 2 is 2.20 bits per heavy atom. The van der Waals surface area contributed by atoms with Gasteiger partial charge in [-0.25, -0.2) is 0 Å². The summed E-state index contributed by atoms with van der Waals surface area (Å²) in [6, 6.07) is 1.20. The minimum absolute atomic E-state index is 0.426. The van der Waals surface area contributed by atoms with Gasteiger partial charge in [0.15, 0.2) is 0 Å². The van der Waals surface area contributed by atoms with Crippen LogP contribution in [0.5, 0.6) is 0 Å². The van der Waals surface area contributed by atoms with E-state index in [2.05, 4.69) is 44.9 Å². The summed E-state index contributed by atoms with van der Waals surface area (Å²) in [5.74, 6) is 0. The first kappa shape index (κ1) is 11.1. The van der Waals surface area contributed by atoms with Crippen LogP contribution >= 0.6 is 15.9 Å². The molecule has 1 unspecified atom stereocenters. The minimum Gasteiger partial charge on any atom is -0.312 e. The average Bonchev–Trinajstić information content (AvgIpc) is 2.99. The van der Waals surface area contributed by atoms with Crippen molar-refractivity contribution in [1.82, 2.24) is 15.1 Å². The maximum absolute atomic E-state index is 4.54. The fourth-order valence-corrected chi connectivity index (χ4v) is 2.04. The zero-order valence-corrected chi connectivity index (χ0v) is 11.1. The van der Waals surface area contributed by atoms with Crippen LogP contribution in [0.15, 0.2) is 4.47 Å². The standard InChI is InChI=1S/C11H18BrN3/c1-7(6-13-10-4-5-10)15-9(3)11(12)8(2)14-15/h7,10,13H,4-6H2,1-3H3. The molecule has 0 saturated heterocycles. The van der Waals surface area contributed by atoms with Gasteiger partial charge < -0.3 is 5.32 Å². The van der Waals surface area contributed by atoms with E-state index < -0.39 is 0 Å². The van der Waals surface area contributed by atoms with Crippen LogP contribution in [0.4, 0.5) is 0 Å². The van der Waals surface area contributed by atoms with Gasteiger partial charge in [0.05, 0.1) is 21.9 Å². The number of nitrogens with one attached hydrogen (secondary N) is 1. The Balaban J connectivity index is 2.02. The first-order valence-corrected chi connectivity index (χ1v) is 6.33. The fourth-order valence-electron chi connectivity index (χ4n) is 1.78. The summed E-state index contributed by atoms with van der Waals surface area (Å²) in [6.07, 6.45) is 2.68. The van der Waals surface area contributed by atoms with Crippen LogP contribution in [0.3, 0.4) is 0 Å². The molecule has 0 radical (unpaired) electrons. The van der Waals surface area contributed by atoms with Crippen molar-refractivity contribution in [2.45, 2.75) is 45.7 Å². The predicted octanol–water partition coefficient (Wildman–Crippen LogP) is 2.58. The molecule has 1 aliphatic carbocycles. The third-order valence-electron chi connectivity index (χ3n) is 2.93. The second-order valence-corrected chi connectivity index (χ2v) is 5.25. The lowest BCUT2D eigenvalue weighted by molar-refractivity contribution is 0.442. The highest BCUT2D eigenvalue weighted by molar-refractivity contribution is 9.10. The van der Waals surface area contributed by atoms with Crippen molar-refractivity contribution in [2.75, 3.05) is 6.54 Å². The van der Waals surface area contributed by atoms with Crippen molar-refractivity contribution in [3.63, 3.8) is 0 Å². The monoisotopic (exact) mass is 271 g/mol. The molecule has 3 nitrogen and oxygen atoms in total. The maximum Gasteiger partial charge on any atom is 0.0738 e. The number of aryl methyl sites for hydroxylation is 1. The molecule has 2 rings (SSSR count). The minimum atomic E-state index is 0.426.